The molecule has 0 aliphatic heterocycles. The van der Waals surface area contributed by atoms with E-state index >= 15 is 0 Å². The first kappa shape index (κ1) is 12.2. The first-order chi connectivity index (χ1) is 8.15. The normalized spacial score (nSPS) is 18.6. The van der Waals surface area contributed by atoms with Crippen LogP contribution in [0.4, 0.5) is 0 Å². The Hall–Kier alpha value is -1.22. The molecular weight excluding hydrogens is 216 g/mol. The molecule has 94 valence electrons. The van der Waals surface area contributed by atoms with Crippen molar-refractivity contribution < 1.29 is 14.6 Å². The molecule has 1 aliphatic carbocycles. The topological polar surface area (TPSA) is 38.7 Å². The summed E-state index contributed by atoms with van der Waals surface area (Å²) in [6, 6.07) is 5.90. The molecule has 1 N–H and O–H groups in total. The zero-order valence-electron chi connectivity index (χ0n) is 10.7. The minimum absolute atomic E-state index is 0.127. The van der Waals surface area contributed by atoms with Gasteiger partial charge in [-0.15, -0.1) is 0 Å². The van der Waals surface area contributed by atoms with Gasteiger partial charge >= 0.3 is 0 Å². The highest BCUT2D eigenvalue weighted by atomic mass is 16.5. The van der Waals surface area contributed by atoms with Crippen molar-refractivity contribution in [3.63, 3.8) is 0 Å². The molecule has 3 nitrogen and oxygen atoms in total. The summed E-state index contributed by atoms with van der Waals surface area (Å²) in [6.45, 7) is 4.41. The smallest absolute Gasteiger partial charge is 0.164 e. The Kier molecular flexibility index (Phi) is 3.29. The van der Waals surface area contributed by atoms with Crippen molar-refractivity contribution in [1.82, 2.24) is 0 Å². The maximum absolute atomic E-state index is 9.94. The Balaban J connectivity index is 2.44. The fourth-order valence-corrected chi connectivity index (χ4v) is 2.43. The number of methoxy groups -OCH3 is 1. The molecule has 0 amide bonds. The molecule has 1 unspecified atom stereocenters. The van der Waals surface area contributed by atoms with Crippen molar-refractivity contribution in [2.45, 2.75) is 38.2 Å². The van der Waals surface area contributed by atoms with Gasteiger partial charge in [0.15, 0.2) is 11.5 Å². The third-order valence-corrected chi connectivity index (χ3v) is 3.61. The lowest BCUT2D eigenvalue weighted by Gasteiger charge is -2.23. The van der Waals surface area contributed by atoms with Crippen LogP contribution >= 0.6 is 0 Å². The summed E-state index contributed by atoms with van der Waals surface area (Å²) >= 11 is 0. The van der Waals surface area contributed by atoms with E-state index in [2.05, 4.69) is 0 Å². The van der Waals surface area contributed by atoms with E-state index in [1.54, 1.807) is 7.11 Å². The molecule has 0 aromatic heterocycles. The Morgan fingerprint density at radius 3 is 2.59 bits per heavy atom. The van der Waals surface area contributed by atoms with Crippen LogP contribution in [0.15, 0.2) is 18.2 Å². The molecule has 2 rings (SSSR count). The highest BCUT2D eigenvalue weighted by molar-refractivity contribution is 5.52. The predicted octanol–water partition coefficient (Wildman–Crippen LogP) is 2.51. The van der Waals surface area contributed by atoms with Crippen molar-refractivity contribution in [2.24, 2.45) is 0 Å². The number of aliphatic hydroxyl groups excluding tert-OH is 1. The lowest BCUT2D eigenvalue weighted by Crippen LogP contribution is -2.23. The maximum Gasteiger partial charge on any atom is 0.164 e. The summed E-state index contributed by atoms with van der Waals surface area (Å²) in [6.07, 6.45) is 1.67. The molecule has 1 aromatic rings. The molecule has 0 radical (unpaired) electrons. The van der Waals surface area contributed by atoms with Gasteiger partial charge in [0, 0.05) is 11.0 Å². The molecule has 1 aromatic carbocycles. The van der Waals surface area contributed by atoms with E-state index in [0.29, 0.717) is 6.61 Å². The van der Waals surface area contributed by atoms with Crippen LogP contribution in [0.1, 0.15) is 32.3 Å². The zero-order valence-corrected chi connectivity index (χ0v) is 10.7. The van der Waals surface area contributed by atoms with Gasteiger partial charge in [0.1, 0.15) is 0 Å². The third-order valence-electron chi connectivity index (χ3n) is 3.61. The van der Waals surface area contributed by atoms with Gasteiger partial charge in [0.05, 0.1) is 19.8 Å². The second kappa shape index (κ2) is 4.57. The van der Waals surface area contributed by atoms with E-state index < -0.39 is 0 Å². The van der Waals surface area contributed by atoms with E-state index in [9.17, 15) is 5.11 Å². The summed E-state index contributed by atoms with van der Waals surface area (Å²) in [7, 11) is 1.65. The Morgan fingerprint density at radius 1 is 1.41 bits per heavy atom. The third kappa shape index (κ3) is 2.00. The number of para-hydroxylation sites is 1. The minimum Gasteiger partial charge on any atom is -0.493 e. The molecule has 17 heavy (non-hydrogen) atoms. The summed E-state index contributed by atoms with van der Waals surface area (Å²) in [5.74, 6) is 1.53. The highest BCUT2D eigenvalue weighted by Gasteiger charge is 2.50. The number of aliphatic hydroxyl groups is 1. The minimum atomic E-state index is -0.353. The highest BCUT2D eigenvalue weighted by Crippen LogP contribution is 2.55. The van der Waals surface area contributed by atoms with Crippen LogP contribution in [0.5, 0.6) is 11.5 Å². The van der Waals surface area contributed by atoms with Crippen LogP contribution < -0.4 is 9.47 Å². The van der Waals surface area contributed by atoms with Crippen LogP contribution in [-0.2, 0) is 5.41 Å². The molecule has 1 atom stereocenters. The molecule has 1 saturated carbocycles. The molecule has 0 heterocycles. The monoisotopic (exact) mass is 236 g/mol. The quantitative estimate of drug-likeness (QED) is 0.853. The molecule has 1 aliphatic rings. The first-order valence-electron chi connectivity index (χ1n) is 6.14. The summed E-state index contributed by atoms with van der Waals surface area (Å²) in [4.78, 5) is 0. The largest absolute Gasteiger partial charge is 0.493 e. The second-order valence-corrected chi connectivity index (χ2v) is 4.60. The van der Waals surface area contributed by atoms with Crippen LogP contribution in [0, 0.1) is 0 Å². The predicted molar refractivity (Wildman–Crippen MR) is 66.8 cm³/mol. The van der Waals surface area contributed by atoms with Gasteiger partial charge in [-0.1, -0.05) is 12.1 Å². The summed E-state index contributed by atoms with van der Waals surface area (Å²) in [5.41, 5.74) is 0.944. The van der Waals surface area contributed by atoms with Crippen LogP contribution in [0.2, 0.25) is 0 Å². The lowest BCUT2D eigenvalue weighted by molar-refractivity contribution is 0.148. The summed E-state index contributed by atoms with van der Waals surface area (Å²) in [5, 5.41) is 9.94. The van der Waals surface area contributed by atoms with Crippen molar-refractivity contribution in [1.29, 1.82) is 0 Å². The van der Waals surface area contributed by atoms with Crippen LogP contribution in [-0.4, -0.2) is 24.9 Å². The second-order valence-electron chi connectivity index (χ2n) is 4.60. The number of ether oxygens (including phenoxy) is 2. The summed E-state index contributed by atoms with van der Waals surface area (Å²) < 4.78 is 11.0. The standard InChI is InChI=1S/C14H20O3/c1-4-17-12-7-5-6-11(13(12)16-3)14(8-9-14)10(2)15/h5-7,10,15H,4,8-9H2,1-3H3. The molecule has 0 spiro atoms. The van der Waals surface area contributed by atoms with Crippen LogP contribution in [0.25, 0.3) is 0 Å². The average Bonchev–Trinajstić information content (AvgIpc) is 3.10. The SMILES string of the molecule is CCOc1cccc(C2(C(C)O)CC2)c1OC. The Labute approximate surface area is 102 Å². The molecule has 0 bridgehead atoms. The lowest BCUT2D eigenvalue weighted by atomic mass is 9.90. The molecule has 3 heteroatoms. The van der Waals surface area contributed by atoms with E-state index in [1.807, 2.05) is 32.0 Å². The van der Waals surface area contributed by atoms with E-state index in [0.717, 1.165) is 29.9 Å². The molecule has 1 fully saturated rings. The van der Waals surface area contributed by atoms with Crippen molar-refractivity contribution in [3.05, 3.63) is 23.8 Å². The maximum atomic E-state index is 9.94. The van der Waals surface area contributed by atoms with Gasteiger partial charge in [-0.05, 0) is 32.8 Å². The van der Waals surface area contributed by atoms with Gasteiger partial charge in [0.25, 0.3) is 0 Å². The number of hydrogen-bond donors (Lipinski definition) is 1. The Bertz CT molecular complexity index is 394. The van der Waals surface area contributed by atoms with Gasteiger partial charge in [-0.25, -0.2) is 0 Å². The number of rotatable bonds is 5. The van der Waals surface area contributed by atoms with Gasteiger partial charge in [-0.3, -0.25) is 0 Å². The van der Waals surface area contributed by atoms with Crippen LogP contribution in [0.3, 0.4) is 0 Å². The number of hydrogen-bond acceptors (Lipinski definition) is 3. The van der Waals surface area contributed by atoms with Gasteiger partial charge < -0.3 is 14.6 Å². The fourth-order valence-electron chi connectivity index (χ4n) is 2.43. The van der Waals surface area contributed by atoms with Crippen molar-refractivity contribution in [3.8, 4) is 11.5 Å². The molecular formula is C14H20O3. The zero-order chi connectivity index (χ0) is 12.5. The first-order valence-corrected chi connectivity index (χ1v) is 6.14. The van der Waals surface area contributed by atoms with E-state index in [-0.39, 0.29) is 11.5 Å². The average molecular weight is 236 g/mol. The fraction of sp³-hybridized carbons (Fsp3) is 0.571. The van der Waals surface area contributed by atoms with Crippen molar-refractivity contribution >= 4 is 0 Å². The molecule has 0 saturated heterocycles. The Morgan fingerprint density at radius 2 is 2.12 bits per heavy atom. The van der Waals surface area contributed by atoms with Crippen molar-refractivity contribution in [2.75, 3.05) is 13.7 Å². The number of benzene rings is 1. The van der Waals surface area contributed by atoms with Gasteiger partial charge in [0.2, 0.25) is 0 Å². The van der Waals surface area contributed by atoms with Gasteiger partial charge in [-0.2, -0.15) is 0 Å². The van der Waals surface area contributed by atoms with E-state index in [1.165, 1.54) is 0 Å². The van der Waals surface area contributed by atoms with E-state index in [4.69, 9.17) is 9.47 Å².